The maximum absolute atomic E-state index is 12.3. The molecule has 0 heterocycles. The SMILES string of the molecule is COC(CCC(C)C)CNS(=O)(=O)c1ccc(C(C)C)cc1. The van der Waals surface area contributed by atoms with Crippen LogP contribution in [0.4, 0.5) is 0 Å². The Morgan fingerprint density at radius 1 is 1.05 bits per heavy atom. The largest absolute Gasteiger partial charge is 0.380 e. The molecule has 1 unspecified atom stereocenters. The van der Waals surface area contributed by atoms with Crippen LogP contribution in [0.2, 0.25) is 0 Å². The van der Waals surface area contributed by atoms with E-state index in [1.165, 1.54) is 0 Å². The number of hydrogen-bond donors (Lipinski definition) is 1. The number of ether oxygens (including phenoxy) is 1. The molecule has 5 heteroatoms. The summed E-state index contributed by atoms with van der Waals surface area (Å²) in [5.74, 6) is 0.969. The number of sulfonamides is 1. The van der Waals surface area contributed by atoms with Crippen molar-refractivity contribution in [3.05, 3.63) is 29.8 Å². The standard InChI is InChI=1S/C17H29NO3S/c1-13(2)6-9-16(21-5)12-18-22(19,20)17-10-7-15(8-11-17)14(3)4/h7-8,10-11,13-14,16,18H,6,9,12H2,1-5H3. The molecule has 0 radical (unpaired) electrons. The average Bonchev–Trinajstić information content (AvgIpc) is 2.47. The zero-order valence-electron chi connectivity index (χ0n) is 14.3. The van der Waals surface area contributed by atoms with E-state index in [4.69, 9.17) is 4.74 Å². The Labute approximate surface area is 135 Å². The van der Waals surface area contributed by atoms with Gasteiger partial charge in [0.25, 0.3) is 0 Å². The van der Waals surface area contributed by atoms with Gasteiger partial charge in [0.2, 0.25) is 10.0 Å². The molecule has 0 fully saturated rings. The van der Waals surface area contributed by atoms with E-state index in [-0.39, 0.29) is 6.10 Å². The molecule has 22 heavy (non-hydrogen) atoms. The lowest BCUT2D eigenvalue weighted by Gasteiger charge is -2.17. The van der Waals surface area contributed by atoms with Crippen LogP contribution in [0.15, 0.2) is 29.2 Å². The molecule has 0 spiro atoms. The zero-order chi connectivity index (χ0) is 16.8. The van der Waals surface area contributed by atoms with Gasteiger partial charge < -0.3 is 4.74 Å². The summed E-state index contributed by atoms with van der Waals surface area (Å²) in [5, 5.41) is 0. The summed E-state index contributed by atoms with van der Waals surface area (Å²) in [6.07, 6.45) is 1.78. The normalized spacial score (nSPS) is 13.8. The minimum atomic E-state index is -3.48. The van der Waals surface area contributed by atoms with Crippen molar-refractivity contribution in [1.29, 1.82) is 0 Å². The van der Waals surface area contributed by atoms with Crippen molar-refractivity contribution in [3.63, 3.8) is 0 Å². The first-order valence-electron chi connectivity index (χ1n) is 7.88. The highest BCUT2D eigenvalue weighted by Crippen LogP contribution is 2.17. The van der Waals surface area contributed by atoms with E-state index in [0.29, 0.717) is 23.3 Å². The molecule has 1 rings (SSSR count). The van der Waals surface area contributed by atoms with Crippen LogP contribution in [-0.4, -0.2) is 28.2 Å². The van der Waals surface area contributed by atoms with Gasteiger partial charge in [-0.1, -0.05) is 39.8 Å². The average molecular weight is 327 g/mol. The Kier molecular flexibility index (Phi) is 7.53. The first-order chi connectivity index (χ1) is 10.3. The van der Waals surface area contributed by atoms with Crippen LogP contribution in [0.25, 0.3) is 0 Å². The minimum Gasteiger partial charge on any atom is -0.380 e. The molecule has 0 bridgehead atoms. The summed E-state index contributed by atoms with van der Waals surface area (Å²) >= 11 is 0. The van der Waals surface area contributed by atoms with E-state index < -0.39 is 10.0 Å². The van der Waals surface area contributed by atoms with Crippen molar-refractivity contribution in [2.75, 3.05) is 13.7 Å². The Hall–Kier alpha value is -0.910. The van der Waals surface area contributed by atoms with Crippen molar-refractivity contribution >= 4 is 10.0 Å². The molecule has 1 atom stereocenters. The van der Waals surface area contributed by atoms with Crippen LogP contribution in [-0.2, 0) is 14.8 Å². The van der Waals surface area contributed by atoms with E-state index in [9.17, 15) is 8.42 Å². The van der Waals surface area contributed by atoms with E-state index in [1.807, 2.05) is 12.1 Å². The van der Waals surface area contributed by atoms with Crippen LogP contribution in [0.3, 0.4) is 0 Å². The van der Waals surface area contributed by atoms with Gasteiger partial charge in [-0.15, -0.1) is 0 Å². The molecule has 1 N–H and O–H groups in total. The van der Waals surface area contributed by atoms with Gasteiger partial charge in [0.15, 0.2) is 0 Å². The molecule has 0 saturated heterocycles. The van der Waals surface area contributed by atoms with Crippen LogP contribution < -0.4 is 4.72 Å². The third-order valence-electron chi connectivity index (χ3n) is 3.76. The second-order valence-corrected chi connectivity index (χ2v) is 8.17. The topological polar surface area (TPSA) is 55.4 Å². The van der Waals surface area contributed by atoms with Crippen LogP contribution in [0.5, 0.6) is 0 Å². The first kappa shape index (κ1) is 19.1. The highest BCUT2D eigenvalue weighted by Gasteiger charge is 2.17. The van der Waals surface area contributed by atoms with Gasteiger partial charge in [-0.2, -0.15) is 0 Å². The van der Waals surface area contributed by atoms with Gasteiger partial charge >= 0.3 is 0 Å². The van der Waals surface area contributed by atoms with Crippen molar-refractivity contribution in [1.82, 2.24) is 4.72 Å². The molecule has 1 aromatic rings. The maximum Gasteiger partial charge on any atom is 0.240 e. The Morgan fingerprint density at radius 2 is 1.64 bits per heavy atom. The number of benzene rings is 1. The number of methoxy groups -OCH3 is 1. The predicted octanol–water partition coefficient (Wildman–Crippen LogP) is 3.54. The Morgan fingerprint density at radius 3 is 2.09 bits per heavy atom. The molecule has 126 valence electrons. The molecule has 4 nitrogen and oxygen atoms in total. The molecular weight excluding hydrogens is 298 g/mol. The Balaban J connectivity index is 2.66. The number of rotatable bonds is 9. The number of nitrogens with one attached hydrogen (secondary N) is 1. The van der Waals surface area contributed by atoms with Gasteiger partial charge in [-0.3, -0.25) is 0 Å². The lowest BCUT2D eigenvalue weighted by molar-refractivity contribution is 0.0941. The van der Waals surface area contributed by atoms with E-state index in [0.717, 1.165) is 18.4 Å². The Bertz CT molecular complexity index is 536. The van der Waals surface area contributed by atoms with Gasteiger partial charge in [-0.25, -0.2) is 13.1 Å². The molecule has 0 saturated carbocycles. The van der Waals surface area contributed by atoms with E-state index >= 15 is 0 Å². The molecule has 1 aromatic carbocycles. The van der Waals surface area contributed by atoms with Crippen molar-refractivity contribution < 1.29 is 13.2 Å². The fourth-order valence-electron chi connectivity index (χ4n) is 2.14. The van der Waals surface area contributed by atoms with Crippen LogP contribution >= 0.6 is 0 Å². The molecular formula is C17H29NO3S. The summed E-state index contributed by atoms with van der Waals surface area (Å²) in [4.78, 5) is 0.301. The van der Waals surface area contributed by atoms with Crippen molar-refractivity contribution in [3.8, 4) is 0 Å². The summed E-state index contributed by atoms with van der Waals surface area (Å²) in [6.45, 7) is 8.76. The highest BCUT2D eigenvalue weighted by atomic mass is 32.2. The second kappa shape index (κ2) is 8.65. The van der Waals surface area contributed by atoms with Gasteiger partial charge in [0, 0.05) is 13.7 Å². The maximum atomic E-state index is 12.3. The molecule has 0 aliphatic heterocycles. The van der Waals surface area contributed by atoms with Crippen molar-refractivity contribution in [2.24, 2.45) is 5.92 Å². The fourth-order valence-corrected chi connectivity index (χ4v) is 3.21. The second-order valence-electron chi connectivity index (χ2n) is 6.40. The minimum absolute atomic E-state index is 0.0906. The van der Waals surface area contributed by atoms with Gasteiger partial charge in [0.1, 0.15) is 0 Å². The molecule has 0 aliphatic carbocycles. The first-order valence-corrected chi connectivity index (χ1v) is 9.37. The zero-order valence-corrected chi connectivity index (χ0v) is 15.1. The van der Waals surface area contributed by atoms with Crippen LogP contribution in [0.1, 0.15) is 52.0 Å². The highest BCUT2D eigenvalue weighted by molar-refractivity contribution is 7.89. The van der Waals surface area contributed by atoms with E-state index in [1.54, 1.807) is 19.2 Å². The fraction of sp³-hybridized carbons (Fsp3) is 0.647. The molecule has 0 amide bonds. The number of hydrogen-bond acceptors (Lipinski definition) is 3. The summed E-state index contributed by atoms with van der Waals surface area (Å²) < 4.78 is 32.6. The van der Waals surface area contributed by atoms with E-state index in [2.05, 4.69) is 32.4 Å². The monoisotopic (exact) mass is 327 g/mol. The molecule has 0 aromatic heterocycles. The van der Waals surface area contributed by atoms with Gasteiger partial charge in [0.05, 0.1) is 11.0 Å². The summed E-state index contributed by atoms with van der Waals surface area (Å²) in [6, 6.07) is 7.05. The summed E-state index contributed by atoms with van der Waals surface area (Å²) in [5.41, 5.74) is 1.13. The third-order valence-corrected chi connectivity index (χ3v) is 5.20. The lowest BCUT2D eigenvalue weighted by atomic mass is 10.0. The third kappa shape index (κ3) is 6.07. The van der Waals surface area contributed by atoms with Gasteiger partial charge in [-0.05, 0) is 42.4 Å². The molecule has 0 aliphatic rings. The smallest absolute Gasteiger partial charge is 0.240 e. The van der Waals surface area contributed by atoms with Crippen molar-refractivity contribution in [2.45, 2.75) is 57.5 Å². The quantitative estimate of drug-likeness (QED) is 0.755. The van der Waals surface area contributed by atoms with Crippen LogP contribution in [0, 0.1) is 5.92 Å². The predicted molar refractivity (Wildman–Crippen MR) is 90.6 cm³/mol. The summed E-state index contributed by atoms with van der Waals surface area (Å²) in [7, 11) is -1.85. The lowest BCUT2D eigenvalue weighted by Crippen LogP contribution is -2.33.